The normalized spacial score (nSPS) is 12.0. The van der Waals surface area contributed by atoms with Crippen molar-refractivity contribution in [2.24, 2.45) is 0 Å². The zero-order valence-corrected chi connectivity index (χ0v) is 66.1. The molecule has 16 aromatic rings. The summed E-state index contributed by atoms with van der Waals surface area (Å²) in [6, 6.07) is 116. The van der Waals surface area contributed by atoms with Crippen LogP contribution >= 0.6 is 45.3 Å². The number of benzene rings is 12. The molecule has 544 valence electrons. The minimum Gasteiger partial charge on any atom is -0.497 e. The maximum atomic E-state index is 5.68. The molecule has 0 saturated carbocycles. The maximum Gasteiger partial charge on any atom is 0.182 e. The Morgan fingerprint density at radius 2 is 0.387 bits per heavy atom. The lowest BCUT2D eigenvalue weighted by molar-refractivity contribution is 0.414. The van der Waals surface area contributed by atoms with Crippen molar-refractivity contribution < 1.29 is 33.2 Å². The van der Waals surface area contributed by atoms with Crippen LogP contribution in [0.4, 0.5) is 65.5 Å². The van der Waals surface area contributed by atoms with Gasteiger partial charge in [0.25, 0.3) is 0 Å². The Bertz CT molecular complexity index is 5460. The molecule has 16 heteroatoms. The summed E-state index contributed by atoms with van der Waals surface area (Å²) in [5.74, 6) is 5.56. The summed E-state index contributed by atoms with van der Waals surface area (Å²) in [4.78, 5) is 13.9. The minimum absolute atomic E-state index is 0.793. The van der Waals surface area contributed by atoms with Gasteiger partial charge in [-0.25, -0.2) is 0 Å². The van der Waals surface area contributed by atoms with Crippen LogP contribution in [0.1, 0.15) is 0 Å². The molecular weight excluding hydrogens is 1470 g/mol. The molecule has 0 amide bonds. The number of nitrogens with zero attached hydrogens (tertiary/aromatic N) is 4. The Labute approximate surface area is 663 Å². The van der Waals surface area contributed by atoms with Gasteiger partial charge in [-0.05, 0) is 296 Å². The molecule has 6 heterocycles. The van der Waals surface area contributed by atoms with Crippen LogP contribution in [0.15, 0.2) is 322 Å². The number of fused-ring (bicyclic) bond motifs is 10. The second kappa shape index (κ2) is 29.8. The van der Waals surface area contributed by atoms with Crippen LogP contribution in [0.3, 0.4) is 0 Å². The smallest absolute Gasteiger partial charge is 0.182 e. The van der Waals surface area contributed by atoms with E-state index in [9.17, 15) is 0 Å². The topological polar surface area (TPSA) is 77.6 Å². The van der Waals surface area contributed by atoms with Crippen molar-refractivity contribution in [1.29, 1.82) is 0 Å². The molecule has 2 aliphatic rings. The molecule has 0 aliphatic carbocycles. The van der Waals surface area contributed by atoms with E-state index in [1.807, 2.05) is 84.9 Å². The van der Waals surface area contributed by atoms with E-state index in [1.54, 1.807) is 95.1 Å². The third-order valence-electron chi connectivity index (χ3n) is 21.0. The van der Waals surface area contributed by atoms with E-state index in [2.05, 4.69) is 256 Å². The predicted octanol–water partition coefficient (Wildman–Crippen LogP) is 23.9. The molecule has 0 fully saturated rings. The number of thiophene rings is 4. The van der Waals surface area contributed by atoms with Gasteiger partial charge in [0.2, 0.25) is 0 Å². The van der Waals surface area contributed by atoms with E-state index >= 15 is 0 Å². The van der Waals surface area contributed by atoms with Gasteiger partial charge >= 0.3 is 0 Å². The van der Waals surface area contributed by atoms with Crippen molar-refractivity contribution in [3.8, 4) is 104 Å². The summed E-state index contributed by atoms with van der Waals surface area (Å²) in [6.07, 6.45) is 0. The van der Waals surface area contributed by atoms with Gasteiger partial charge in [0.05, 0.1) is 49.8 Å². The number of rotatable bonds is 23. The minimum atomic E-state index is -3.46. The van der Waals surface area contributed by atoms with Crippen LogP contribution in [-0.4, -0.2) is 57.8 Å². The maximum absolute atomic E-state index is 5.68. The number of hydrogen-bond donors (Lipinski definition) is 0. The van der Waals surface area contributed by atoms with Crippen LogP contribution in [0.25, 0.3) is 64.0 Å². The SMILES string of the molecule is COc1ccc(N(c2ccccc2)c2ccc(-c3ccc4c(c3)[Si]3(c5cc(-c6ccc(N(c7ccc(OC)cc7)c7ccc(OC)cc7)s6)ccc5-4)c4cc(-c5ccc(N(c6ccc(OC)cc6)c6ccc(OC)cc6)s5)ccc4-c4ccc(-c5ccc(N(c6ccc(OC)cc6)c6ccc(OC)cc6)s5)cc43)s2)cc1. The van der Waals surface area contributed by atoms with Gasteiger partial charge < -0.3 is 52.8 Å². The highest BCUT2D eigenvalue weighted by atomic mass is 32.1. The van der Waals surface area contributed by atoms with Crippen LogP contribution in [0.5, 0.6) is 40.2 Å². The fourth-order valence-corrected chi connectivity index (χ4v) is 25.5. The van der Waals surface area contributed by atoms with E-state index in [4.69, 9.17) is 33.2 Å². The van der Waals surface area contributed by atoms with E-state index in [1.165, 1.54) is 47.9 Å². The summed E-state index contributed by atoms with van der Waals surface area (Å²) >= 11 is 7.16. The molecule has 11 nitrogen and oxygen atoms in total. The molecular formula is C95H74N4O7S4Si. The van der Waals surface area contributed by atoms with Crippen LogP contribution in [0, 0.1) is 0 Å². The average Bonchev–Trinajstić information content (AvgIpc) is 1.50. The number of ether oxygens (including phenoxy) is 7. The van der Waals surface area contributed by atoms with Gasteiger partial charge in [0, 0.05) is 65.0 Å². The van der Waals surface area contributed by atoms with Gasteiger partial charge in [-0.3, -0.25) is 0 Å². The Morgan fingerprint density at radius 3 is 0.577 bits per heavy atom. The monoisotopic (exact) mass is 1540 g/mol. The van der Waals surface area contributed by atoms with Gasteiger partial charge in [-0.1, -0.05) is 91.0 Å². The summed E-state index contributed by atoms with van der Waals surface area (Å²) in [7, 11) is 8.50. The molecule has 111 heavy (non-hydrogen) atoms. The second-order valence-corrected chi connectivity index (χ2v) is 34.8. The highest BCUT2D eigenvalue weighted by Gasteiger charge is 2.55. The van der Waals surface area contributed by atoms with Crippen LogP contribution in [0.2, 0.25) is 0 Å². The fourth-order valence-electron chi connectivity index (χ4n) is 15.6. The molecule has 12 aromatic carbocycles. The van der Waals surface area contributed by atoms with Crippen molar-refractivity contribution in [3.63, 3.8) is 0 Å². The molecule has 0 saturated heterocycles. The molecule has 2 aliphatic heterocycles. The zero-order chi connectivity index (χ0) is 75.3. The van der Waals surface area contributed by atoms with E-state index in [0.29, 0.717) is 0 Å². The van der Waals surface area contributed by atoms with Crippen LogP contribution < -0.4 is 73.5 Å². The van der Waals surface area contributed by atoms with E-state index < -0.39 is 8.07 Å². The Kier molecular flexibility index (Phi) is 18.8. The largest absolute Gasteiger partial charge is 0.497 e. The first kappa shape index (κ1) is 70.2. The van der Waals surface area contributed by atoms with Crippen molar-refractivity contribution >= 4 is 140 Å². The Hall–Kier alpha value is -12.5. The third-order valence-corrected chi connectivity index (χ3v) is 30.4. The first-order valence-electron chi connectivity index (χ1n) is 36.4. The number of para-hydroxylation sites is 1. The molecule has 1 spiro atoms. The molecule has 0 N–H and O–H groups in total. The lowest BCUT2D eigenvalue weighted by atomic mass is 10.0. The lowest BCUT2D eigenvalue weighted by Gasteiger charge is -2.29. The van der Waals surface area contributed by atoms with Crippen molar-refractivity contribution in [2.75, 3.05) is 69.4 Å². The quantitative estimate of drug-likeness (QED) is 0.0575. The highest BCUT2D eigenvalue weighted by molar-refractivity contribution is 7.25. The molecule has 0 atom stereocenters. The van der Waals surface area contributed by atoms with Gasteiger partial charge in [-0.15, -0.1) is 45.3 Å². The van der Waals surface area contributed by atoms with E-state index in [-0.39, 0.29) is 0 Å². The number of anilines is 12. The van der Waals surface area contributed by atoms with Crippen molar-refractivity contribution in [2.45, 2.75) is 0 Å². The summed E-state index contributed by atoms with van der Waals surface area (Å²) in [5.41, 5.74) is 17.8. The molecule has 4 aromatic heterocycles. The summed E-state index contributed by atoms with van der Waals surface area (Å²) < 4.78 is 39.8. The standard InChI is InChI=1S/C95H74N4O7S4Si/c1-100-73-31-17-66(18-32-73)96(65-11-9-8-10-12-65)92-53-49-84(107-92)61-13-45-80-81-46-14-62(85-50-54-93(108-85)97(67-19-33-74(101-2)34-20-67)68-21-35-75(102-3)36-22-68)58-89(81)111(88(80)57-61)90-59-63(86-51-55-94(109-86)98(69-23-37-76(103-4)38-24-69)70-25-39-77(104-5)40-26-70)15-47-82(90)83-48-16-64(60-91(83)111)87-52-56-95(110-87)99(71-27-41-78(105-6)42-28-71)72-29-43-79(106-7)44-30-72/h8-60H,1-7H3. The Balaban J connectivity index is 0.846. The average molecular weight is 1540 g/mol. The fraction of sp³-hybridized carbons (Fsp3) is 0.0737. The number of hydrogen-bond acceptors (Lipinski definition) is 15. The van der Waals surface area contributed by atoms with Crippen molar-refractivity contribution in [1.82, 2.24) is 0 Å². The highest BCUT2D eigenvalue weighted by Crippen LogP contribution is 2.50. The second-order valence-electron chi connectivity index (χ2n) is 26.9. The zero-order valence-electron chi connectivity index (χ0n) is 61.9. The number of methoxy groups -OCH3 is 7. The van der Waals surface area contributed by atoms with Crippen molar-refractivity contribution in [3.05, 3.63) is 322 Å². The third kappa shape index (κ3) is 12.8. The predicted molar refractivity (Wildman–Crippen MR) is 466 cm³/mol. The van der Waals surface area contributed by atoms with Gasteiger partial charge in [0.1, 0.15) is 60.3 Å². The van der Waals surface area contributed by atoms with Gasteiger partial charge in [-0.2, -0.15) is 0 Å². The first-order valence-corrected chi connectivity index (χ1v) is 41.6. The molecule has 0 radical (unpaired) electrons. The first-order chi connectivity index (χ1) is 54.6. The van der Waals surface area contributed by atoms with E-state index in [0.717, 1.165) is 143 Å². The molecule has 0 unspecified atom stereocenters. The van der Waals surface area contributed by atoms with Crippen LogP contribution in [-0.2, 0) is 0 Å². The lowest BCUT2D eigenvalue weighted by Crippen LogP contribution is -2.70. The molecule has 18 rings (SSSR count). The summed E-state index contributed by atoms with van der Waals surface area (Å²) in [5, 5.41) is 9.73. The van der Waals surface area contributed by atoms with Gasteiger partial charge in [0.15, 0.2) is 8.07 Å². The Morgan fingerprint density at radius 1 is 0.198 bits per heavy atom. The molecule has 0 bridgehead atoms. The summed E-state index contributed by atoms with van der Waals surface area (Å²) in [6.45, 7) is 0.